The molecule has 1 atom stereocenters. The molecular formula is C13H18O3. The molecule has 1 unspecified atom stereocenters. The molecule has 0 spiro atoms. The molecule has 0 bridgehead atoms. The van der Waals surface area contributed by atoms with Crippen molar-refractivity contribution in [2.75, 3.05) is 13.4 Å². The summed E-state index contributed by atoms with van der Waals surface area (Å²) in [6, 6.07) is 5.91. The Morgan fingerprint density at radius 2 is 2.00 bits per heavy atom. The number of fused-ring (bicyclic) bond motifs is 1. The van der Waals surface area contributed by atoms with E-state index in [2.05, 4.69) is 13.8 Å². The lowest BCUT2D eigenvalue weighted by Crippen LogP contribution is -2.07. The van der Waals surface area contributed by atoms with Crippen LogP contribution in [-0.2, 0) is 0 Å². The zero-order valence-corrected chi connectivity index (χ0v) is 9.77. The first-order valence-corrected chi connectivity index (χ1v) is 5.71. The highest BCUT2D eigenvalue weighted by Gasteiger charge is 2.18. The van der Waals surface area contributed by atoms with Gasteiger partial charge in [-0.1, -0.05) is 19.9 Å². The summed E-state index contributed by atoms with van der Waals surface area (Å²) in [7, 11) is 0. The molecule has 3 heteroatoms. The lowest BCUT2D eigenvalue weighted by atomic mass is 9.91. The summed E-state index contributed by atoms with van der Waals surface area (Å²) in [4.78, 5) is 0. The summed E-state index contributed by atoms with van der Waals surface area (Å²) in [6.45, 7) is 4.80. The molecule has 0 radical (unpaired) electrons. The Morgan fingerprint density at radius 1 is 1.25 bits per heavy atom. The maximum absolute atomic E-state index is 9.40. The molecule has 1 aliphatic heterocycles. The van der Waals surface area contributed by atoms with Crippen molar-refractivity contribution in [3.8, 4) is 11.5 Å². The van der Waals surface area contributed by atoms with Crippen LogP contribution >= 0.6 is 0 Å². The summed E-state index contributed by atoms with van der Waals surface area (Å²) >= 11 is 0. The molecule has 0 aliphatic carbocycles. The fraction of sp³-hybridized carbons (Fsp3) is 0.538. The molecule has 0 saturated carbocycles. The first-order valence-electron chi connectivity index (χ1n) is 5.71. The van der Waals surface area contributed by atoms with E-state index in [0.29, 0.717) is 12.7 Å². The highest BCUT2D eigenvalue weighted by Crippen LogP contribution is 2.35. The second-order valence-electron chi connectivity index (χ2n) is 4.62. The van der Waals surface area contributed by atoms with Crippen LogP contribution in [0.4, 0.5) is 0 Å². The van der Waals surface area contributed by atoms with E-state index in [1.807, 2.05) is 18.2 Å². The van der Waals surface area contributed by atoms with Gasteiger partial charge in [0.1, 0.15) is 0 Å². The number of hydrogen-bond acceptors (Lipinski definition) is 3. The number of aliphatic hydroxyl groups excluding tert-OH is 1. The van der Waals surface area contributed by atoms with Crippen LogP contribution in [0.3, 0.4) is 0 Å². The minimum absolute atomic E-state index is 0.178. The predicted molar refractivity (Wildman–Crippen MR) is 61.8 cm³/mol. The number of ether oxygens (including phenoxy) is 2. The van der Waals surface area contributed by atoms with Gasteiger partial charge >= 0.3 is 0 Å². The summed E-state index contributed by atoms with van der Waals surface area (Å²) < 4.78 is 10.6. The summed E-state index contributed by atoms with van der Waals surface area (Å²) in [5, 5.41) is 9.40. The average Bonchev–Trinajstić information content (AvgIpc) is 2.72. The lowest BCUT2D eigenvalue weighted by molar-refractivity contribution is 0.174. The van der Waals surface area contributed by atoms with E-state index in [0.717, 1.165) is 23.5 Å². The SMILES string of the molecule is CC(C)CC(CO)c1ccc2c(c1)OCO2. The smallest absolute Gasteiger partial charge is 0.231 e. The molecule has 3 nitrogen and oxygen atoms in total. The molecule has 1 N–H and O–H groups in total. The molecule has 0 aromatic heterocycles. The van der Waals surface area contributed by atoms with Crippen LogP contribution in [0.2, 0.25) is 0 Å². The van der Waals surface area contributed by atoms with Crippen molar-refractivity contribution in [2.45, 2.75) is 26.2 Å². The fourth-order valence-corrected chi connectivity index (χ4v) is 2.05. The molecule has 1 aliphatic rings. The standard InChI is InChI=1S/C13H18O3/c1-9(2)5-11(7-14)10-3-4-12-13(6-10)16-8-15-12/h3-4,6,9,11,14H,5,7-8H2,1-2H3. The normalized spacial score (nSPS) is 15.5. The van der Waals surface area contributed by atoms with Crippen molar-refractivity contribution in [3.63, 3.8) is 0 Å². The van der Waals surface area contributed by atoms with Crippen LogP contribution in [0.15, 0.2) is 18.2 Å². The minimum Gasteiger partial charge on any atom is -0.454 e. The molecular weight excluding hydrogens is 204 g/mol. The van der Waals surface area contributed by atoms with Gasteiger partial charge in [-0.05, 0) is 30.0 Å². The van der Waals surface area contributed by atoms with E-state index in [9.17, 15) is 5.11 Å². The largest absolute Gasteiger partial charge is 0.454 e. The third-order valence-corrected chi connectivity index (χ3v) is 2.84. The third kappa shape index (κ3) is 2.30. The fourth-order valence-electron chi connectivity index (χ4n) is 2.05. The topological polar surface area (TPSA) is 38.7 Å². The van der Waals surface area contributed by atoms with Crippen molar-refractivity contribution >= 4 is 0 Å². The third-order valence-electron chi connectivity index (χ3n) is 2.84. The summed E-state index contributed by atoms with van der Waals surface area (Å²) in [5.74, 6) is 2.35. The van der Waals surface area contributed by atoms with Gasteiger partial charge in [0.15, 0.2) is 11.5 Å². The van der Waals surface area contributed by atoms with Crippen molar-refractivity contribution in [3.05, 3.63) is 23.8 Å². The zero-order chi connectivity index (χ0) is 11.5. The Labute approximate surface area is 96.0 Å². The molecule has 0 amide bonds. The second-order valence-corrected chi connectivity index (χ2v) is 4.62. The van der Waals surface area contributed by atoms with Crippen LogP contribution in [0, 0.1) is 5.92 Å². The Hall–Kier alpha value is -1.22. The number of hydrogen-bond donors (Lipinski definition) is 1. The number of aliphatic hydroxyl groups is 1. The molecule has 1 aromatic carbocycles. The Bertz CT molecular complexity index is 360. The number of benzene rings is 1. The summed E-state index contributed by atoms with van der Waals surface area (Å²) in [6.07, 6.45) is 0.982. The van der Waals surface area contributed by atoms with Gasteiger partial charge in [0, 0.05) is 12.5 Å². The molecule has 0 saturated heterocycles. The van der Waals surface area contributed by atoms with Crippen molar-refractivity contribution in [2.24, 2.45) is 5.92 Å². The lowest BCUT2D eigenvalue weighted by Gasteiger charge is -2.17. The van der Waals surface area contributed by atoms with Gasteiger partial charge in [-0.3, -0.25) is 0 Å². The second kappa shape index (κ2) is 4.74. The summed E-state index contributed by atoms with van der Waals surface area (Å²) in [5.41, 5.74) is 1.13. The van der Waals surface area contributed by atoms with Gasteiger partial charge < -0.3 is 14.6 Å². The molecule has 0 fully saturated rings. The van der Waals surface area contributed by atoms with Gasteiger partial charge in [0.25, 0.3) is 0 Å². The van der Waals surface area contributed by atoms with E-state index >= 15 is 0 Å². The van der Waals surface area contributed by atoms with Crippen molar-refractivity contribution in [1.29, 1.82) is 0 Å². The van der Waals surface area contributed by atoms with E-state index < -0.39 is 0 Å². The quantitative estimate of drug-likeness (QED) is 0.850. The van der Waals surface area contributed by atoms with Gasteiger partial charge in [-0.2, -0.15) is 0 Å². The Balaban J connectivity index is 2.18. The van der Waals surface area contributed by atoms with E-state index in [1.165, 1.54) is 0 Å². The highest BCUT2D eigenvalue weighted by molar-refractivity contribution is 5.45. The average molecular weight is 222 g/mol. The van der Waals surface area contributed by atoms with Crippen LogP contribution in [0.1, 0.15) is 31.7 Å². The van der Waals surface area contributed by atoms with E-state index in [-0.39, 0.29) is 12.5 Å². The number of rotatable bonds is 4. The van der Waals surface area contributed by atoms with Crippen LogP contribution in [0.5, 0.6) is 11.5 Å². The van der Waals surface area contributed by atoms with Crippen LogP contribution < -0.4 is 9.47 Å². The van der Waals surface area contributed by atoms with Gasteiger partial charge in [-0.15, -0.1) is 0 Å². The Kier molecular flexibility index (Phi) is 3.34. The monoisotopic (exact) mass is 222 g/mol. The van der Waals surface area contributed by atoms with Gasteiger partial charge in [0.05, 0.1) is 0 Å². The molecule has 88 valence electrons. The van der Waals surface area contributed by atoms with Crippen LogP contribution in [0.25, 0.3) is 0 Å². The highest BCUT2D eigenvalue weighted by atomic mass is 16.7. The van der Waals surface area contributed by atoms with Gasteiger partial charge in [0.2, 0.25) is 6.79 Å². The first kappa shape index (κ1) is 11.3. The maximum atomic E-state index is 9.40. The van der Waals surface area contributed by atoms with E-state index in [4.69, 9.17) is 9.47 Å². The Morgan fingerprint density at radius 3 is 2.69 bits per heavy atom. The van der Waals surface area contributed by atoms with Crippen molar-refractivity contribution < 1.29 is 14.6 Å². The maximum Gasteiger partial charge on any atom is 0.231 e. The zero-order valence-electron chi connectivity index (χ0n) is 9.77. The van der Waals surface area contributed by atoms with Crippen molar-refractivity contribution in [1.82, 2.24) is 0 Å². The van der Waals surface area contributed by atoms with Crippen LogP contribution in [-0.4, -0.2) is 18.5 Å². The van der Waals surface area contributed by atoms with Gasteiger partial charge in [-0.25, -0.2) is 0 Å². The molecule has 16 heavy (non-hydrogen) atoms. The molecule has 2 rings (SSSR count). The minimum atomic E-state index is 0.178. The predicted octanol–water partition coefficient (Wildman–Crippen LogP) is 2.54. The first-order chi connectivity index (χ1) is 7.70. The molecule has 1 aromatic rings. The van der Waals surface area contributed by atoms with E-state index in [1.54, 1.807) is 0 Å². The molecule has 1 heterocycles.